The number of likely N-dealkylation sites (tertiary alicyclic amines) is 1. The van der Waals surface area contributed by atoms with Gasteiger partial charge in [-0.1, -0.05) is 0 Å². The lowest BCUT2D eigenvalue weighted by molar-refractivity contribution is -0.152. The van der Waals surface area contributed by atoms with Crippen LogP contribution >= 0.6 is 0 Å². The zero-order chi connectivity index (χ0) is 11.3. The molecule has 0 aromatic heterocycles. The highest BCUT2D eigenvalue weighted by atomic mass is 16.2. The molecule has 4 heteroatoms. The fourth-order valence-electron chi connectivity index (χ4n) is 1.88. The quantitative estimate of drug-likeness (QED) is 0.637. The number of nitrogens with zero attached hydrogens (tertiary/aromatic N) is 2. The third-order valence-electron chi connectivity index (χ3n) is 2.88. The molecule has 2 amide bonds. The molecule has 4 nitrogen and oxygen atoms in total. The Bertz CT molecular complexity index is 231. The molecule has 0 saturated carbocycles. The van der Waals surface area contributed by atoms with Crippen molar-refractivity contribution in [3.05, 3.63) is 0 Å². The van der Waals surface area contributed by atoms with E-state index in [0.29, 0.717) is 13.1 Å². The van der Waals surface area contributed by atoms with E-state index < -0.39 is 0 Å². The van der Waals surface area contributed by atoms with Gasteiger partial charge >= 0.3 is 11.8 Å². The Morgan fingerprint density at radius 3 is 2.07 bits per heavy atom. The maximum absolute atomic E-state index is 11.8. The zero-order valence-electron chi connectivity index (χ0n) is 9.66. The molecule has 0 aromatic rings. The third-order valence-corrected chi connectivity index (χ3v) is 2.88. The standard InChI is InChI=1S/C11H20N2O2/c1-3-12(4-2)10(14)11(15)13-8-6-5-7-9-13/h3-9H2,1-2H3. The van der Waals surface area contributed by atoms with Crippen LogP contribution in [0.3, 0.4) is 0 Å². The first-order valence-corrected chi connectivity index (χ1v) is 5.78. The number of likely N-dealkylation sites (N-methyl/N-ethyl adjacent to an activating group) is 1. The van der Waals surface area contributed by atoms with Gasteiger partial charge in [0.25, 0.3) is 0 Å². The van der Waals surface area contributed by atoms with Gasteiger partial charge in [-0.15, -0.1) is 0 Å². The average Bonchev–Trinajstić information content (AvgIpc) is 2.30. The van der Waals surface area contributed by atoms with E-state index in [1.54, 1.807) is 9.80 Å². The van der Waals surface area contributed by atoms with Crippen molar-refractivity contribution in [3.63, 3.8) is 0 Å². The third kappa shape index (κ3) is 2.94. The van der Waals surface area contributed by atoms with Gasteiger partial charge in [-0.3, -0.25) is 9.59 Å². The Hall–Kier alpha value is -1.06. The second kappa shape index (κ2) is 5.73. The summed E-state index contributed by atoms with van der Waals surface area (Å²) in [7, 11) is 0. The Morgan fingerprint density at radius 2 is 1.60 bits per heavy atom. The van der Waals surface area contributed by atoms with E-state index in [4.69, 9.17) is 0 Å². The molecule has 1 aliphatic rings. The van der Waals surface area contributed by atoms with E-state index in [9.17, 15) is 9.59 Å². The molecular formula is C11H20N2O2. The molecule has 1 fully saturated rings. The molecule has 1 aliphatic heterocycles. The monoisotopic (exact) mass is 212 g/mol. The first-order valence-electron chi connectivity index (χ1n) is 5.78. The molecule has 1 rings (SSSR count). The van der Waals surface area contributed by atoms with Crippen molar-refractivity contribution in [1.82, 2.24) is 9.80 Å². The minimum Gasteiger partial charge on any atom is -0.335 e. The van der Waals surface area contributed by atoms with Crippen molar-refractivity contribution in [1.29, 1.82) is 0 Å². The molecule has 1 heterocycles. The summed E-state index contributed by atoms with van der Waals surface area (Å²) in [5.41, 5.74) is 0. The number of hydrogen-bond acceptors (Lipinski definition) is 2. The van der Waals surface area contributed by atoms with E-state index in [2.05, 4.69) is 0 Å². The molecule has 0 radical (unpaired) electrons. The normalized spacial score (nSPS) is 16.3. The summed E-state index contributed by atoms with van der Waals surface area (Å²) < 4.78 is 0. The Kier molecular flexibility index (Phi) is 4.59. The van der Waals surface area contributed by atoms with E-state index in [1.165, 1.54) is 6.42 Å². The molecule has 0 bridgehead atoms. The Labute approximate surface area is 91.2 Å². The molecule has 86 valence electrons. The summed E-state index contributed by atoms with van der Waals surface area (Å²) in [5, 5.41) is 0. The van der Waals surface area contributed by atoms with Crippen molar-refractivity contribution in [3.8, 4) is 0 Å². The number of carbonyl (C=O) groups excluding carboxylic acids is 2. The van der Waals surface area contributed by atoms with Crippen LogP contribution in [0.5, 0.6) is 0 Å². The highest BCUT2D eigenvalue weighted by Gasteiger charge is 2.26. The minimum absolute atomic E-state index is 0.321. The van der Waals surface area contributed by atoms with Gasteiger partial charge in [0.15, 0.2) is 0 Å². The number of rotatable bonds is 2. The van der Waals surface area contributed by atoms with Crippen molar-refractivity contribution in [2.24, 2.45) is 0 Å². The van der Waals surface area contributed by atoms with E-state index in [0.717, 1.165) is 25.9 Å². The summed E-state index contributed by atoms with van der Waals surface area (Å²) in [6.45, 7) is 6.48. The van der Waals surface area contributed by atoms with Crippen molar-refractivity contribution >= 4 is 11.8 Å². The van der Waals surface area contributed by atoms with Crippen LogP contribution in [0.1, 0.15) is 33.1 Å². The van der Waals surface area contributed by atoms with Crippen molar-refractivity contribution in [2.75, 3.05) is 26.2 Å². The molecule has 0 spiro atoms. The van der Waals surface area contributed by atoms with Crippen LogP contribution in [0.2, 0.25) is 0 Å². The van der Waals surface area contributed by atoms with Gasteiger partial charge < -0.3 is 9.80 Å². The highest BCUT2D eigenvalue weighted by molar-refractivity contribution is 6.34. The maximum Gasteiger partial charge on any atom is 0.312 e. The summed E-state index contributed by atoms with van der Waals surface area (Å²) in [5.74, 6) is -0.666. The maximum atomic E-state index is 11.8. The van der Waals surface area contributed by atoms with Crippen molar-refractivity contribution < 1.29 is 9.59 Å². The first-order chi connectivity index (χ1) is 7.20. The van der Waals surface area contributed by atoms with Gasteiger partial charge in [0.2, 0.25) is 0 Å². The number of piperidine rings is 1. The van der Waals surface area contributed by atoms with Gasteiger partial charge in [-0.05, 0) is 33.1 Å². The molecular weight excluding hydrogens is 192 g/mol. The predicted octanol–water partition coefficient (Wildman–Crippen LogP) is 0.867. The summed E-state index contributed by atoms with van der Waals surface area (Å²) in [6, 6.07) is 0. The Morgan fingerprint density at radius 1 is 1.07 bits per heavy atom. The largest absolute Gasteiger partial charge is 0.335 e. The highest BCUT2D eigenvalue weighted by Crippen LogP contribution is 2.09. The molecule has 0 unspecified atom stereocenters. The summed E-state index contributed by atoms with van der Waals surface area (Å²) in [4.78, 5) is 26.8. The lowest BCUT2D eigenvalue weighted by Crippen LogP contribution is -2.46. The van der Waals surface area contributed by atoms with Gasteiger partial charge in [0.1, 0.15) is 0 Å². The number of hydrogen-bond donors (Lipinski definition) is 0. The molecule has 0 aliphatic carbocycles. The van der Waals surface area contributed by atoms with Crippen LogP contribution in [-0.4, -0.2) is 47.8 Å². The van der Waals surface area contributed by atoms with E-state index >= 15 is 0 Å². The minimum atomic E-state index is -0.345. The number of carbonyl (C=O) groups is 2. The van der Waals surface area contributed by atoms with Crippen LogP contribution in [-0.2, 0) is 9.59 Å². The second-order valence-corrected chi connectivity index (χ2v) is 3.83. The average molecular weight is 212 g/mol. The Balaban J connectivity index is 2.54. The van der Waals surface area contributed by atoms with E-state index in [-0.39, 0.29) is 11.8 Å². The molecule has 0 N–H and O–H groups in total. The molecule has 0 atom stereocenters. The van der Waals surface area contributed by atoms with Crippen LogP contribution in [0, 0.1) is 0 Å². The van der Waals surface area contributed by atoms with Gasteiger partial charge in [-0.2, -0.15) is 0 Å². The fraction of sp³-hybridized carbons (Fsp3) is 0.818. The van der Waals surface area contributed by atoms with Gasteiger partial charge in [0, 0.05) is 26.2 Å². The molecule has 15 heavy (non-hydrogen) atoms. The lowest BCUT2D eigenvalue weighted by atomic mass is 10.1. The first kappa shape index (κ1) is 12.0. The summed E-state index contributed by atoms with van der Waals surface area (Å²) >= 11 is 0. The smallest absolute Gasteiger partial charge is 0.312 e. The molecule has 0 aromatic carbocycles. The van der Waals surface area contributed by atoms with Crippen LogP contribution in [0.15, 0.2) is 0 Å². The number of amides is 2. The lowest BCUT2D eigenvalue weighted by Gasteiger charge is -2.28. The fourth-order valence-corrected chi connectivity index (χ4v) is 1.88. The van der Waals surface area contributed by atoms with Crippen LogP contribution < -0.4 is 0 Å². The molecule has 1 saturated heterocycles. The topological polar surface area (TPSA) is 40.6 Å². The predicted molar refractivity (Wildman–Crippen MR) is 58.4 cm³/mol. The van der Waals surface area contributed by atoms with Crippen LogP contribution in [0.25, 0.3) is 0 Å². The van der Waals surface area contributed by atoms with Gasteiger partial charge in [-0.25, -0.2) is 0 Å². The SMILES string of the molecule is CCN(CC)C(=O)C(=O)N1CCCCC1. The summed E-state index contributed by atoms with van der Waals surface area (Å²) in [6.07, 6.45) is 3.22. The van der Waals surface area contributed by atoms with Crippen molar-refractivity contribution in [2.45, 2.75) is 33.1 Å². The van der Waals surface area contributed by atoms with Crippen LogP contribution in [0.4, 0.5) is 0 Å². The van der Waals surface area contributed by atoms with E-state index in [1.807, 2.05) is 13.8 Å². The second-order valence-electron chi connectivity index (χ2n) is 3.83. The zero-order valence-corrected chi connectivity index (χ0v) is 9.66. The van der Waals surface area contributed by atoms with Gasteiger partial charge in [0.05, 0.1) is 0 Å².